The van der Waals surface area contributed by atoms with E-state index in [-0.39, 0.29) is 11.9 Å². The van der Waals surface area contributed by atoms with Crippen molar-refractivity contribution >= 4 is 5.91 Å². The molecular formula is C11H14N2O2. The fourth-order valence-electron chi connectivity index (χ4n) is 1.59. The summed E-state index contributed by atoms with van der Waals surface area (Å²) in [5, 5.41) is 0. The van der Waals surface area contributed by atoms with Gasteiger partial charge in [0.2, 0.25) is 5.91 Å². The van der Waals surface area contributed by atoms with Crippen molar-refractivity contribution in [2.45, 2.75) is 12.6 Å². The third-order valence-corrected chi connectivity index (χ3v) is 2.59. The number of nitrogens with zero attached hydrogens (tertiary/aromatic N) is 1. The highest BCUT2D eigenvalue weighted by Gasteiger charge is 2.38. The van der Waals surface area contributed by atoms with E-state index in [1.807, 2.05) is 29.2 Å². The Labute approximate surface area is 88.6 Å². The number of amides is 1. The monoisotopic (exact) mass is 206 g/mol. The quantitative estimate of drug-likeness (QED) is 0.724. The number of hydrogen-bond donors (Lipinski definition) is 1. The summed E-state index contributed by atoms with van der Waals surface area (Å²) < 4.78 is 5.06. The van der Waals surface area contributed by atoms with Crippen LogP contribution in [0.2, 0.25) is 0 Å². The molecule has 1 aliphatic heterocycles. The van der Waals surface area contributed by atoms with Crippen molar-refractivity contribution in [3.63, 3.8) is 0 Å². The predicted octanol–water partition coefficient (Wildman–Crippen LogP) is 0.365. The third-order valence-electron chi connectivity index (χ3n) is 2.59. The molecule has 4 heteroatoms. The number of carbonyl (C=O) groups excluding carboxylic acids is 1. The van der Waals surface area contributed by atoms with Crippen LogP contribution >= 0.6 is 0 Å². The number of ether oxygens (including phenoxy) is 1. The van der Waals surface area contributed by atoms with E-state index in [0.29, 0.717) is 0 Å². The molecule has 1 aromatic carbocycles. The van der Waals surface area contributed by atoms with Gasteiger partial charge < -0.3 is 10.5 Å². The Kier molecular flexibility index (Phi) is 2.60. The van der Waals surface area contributed by atoms with Crippen LogP contribution in [-0.2, 0) is 11.3 Å². The summed E-state index contributed by atoms with van der Waals surface area (Å²) in [6.45, 7) is 1.55. The van der Waals surface area contributed by atoms with Gasteiger partial charge in [-0.2, -0.15) is 0 Å². The number of methoxy groups -OCH3 is 1. The van der Waals surface area contributed by atoms with Crippen LogP contribution in [0, 0.1) is 0 Å². The molecule has 1 saturated heterocycles. The van der Waals surface area contributed by atoms with Gasteiger partial charge in [0.05, 0.1) is 7.11 Å². The first-order valence-electron chi connectivity index (χ1n) is 4.87. The van der Waals surface area contributed by atoms with Gasteiger partial charge in [-0.3, -0.25) is 9.69 Å². The molecule has 0 bridgehead atoms. The Morgan fingerprint density at radius 1 is 1.53 bits per heavy atom. The van der Waals surface area contributed by atoms with Crippen LogP contribution in [0.5, 0.6) is 5.75 Å². The SMILES string of the molecule is COc1ccc(CN2CC2C(N)=O)cc1. The molecule has 0 aromatic heterocycles. The first-order valence-corrected chi connectivity index (χ1v) is 4.87. The highest BCUT2D eigenvalue weighted by Crippen LogP contribution is 2.21. The van der Waals surface area contributed by atoms with Crippen molar-refractivity contribution in [1.82, 2.24) is 4.90 Å². The molecule has 0 aliphatic carbocycles. The average molecular weight is 206 g/mol. The molecule has 1 aliphatic rings. The molecule has 2 rings (SSSR count). The molecule has 1 heterocycles. The molecule has 0 saturated carbocycles. The van der Waals surface area contributed by atoms with Crippen molar-refractivity contribution in [2.75, 3.05) is 13.7 Å². The van der Waals surface area contributed by atoms with Gasteiger partial charge in [-0.05, 0) is 17.7 Å². The molecule has 1 aromatic rings. The maximum Gasteiger partial charge on any atom is 0.236 e. The Morgan fingerprint density at radius 2 is 2.20 bits per heavy atom. The fourth-order valence-corrected chi connectivity index (χ4v) is 1.59. The van der Waals surface area contributed by atoms with Gasteiger partial charge in [0.1, 0.15) is 11.8 Å². The smallest absolute Gasteiger partial charge is 0.236 e. The van der Waals surface area contributed by atoms with Crippen LogP contribution in [0.15, 0.2) is 24.3 Å². The summed E-state index contributed by atoms with van der Waals surface area (Å²) in [5.41, 5.74) is 6.35. The van der Waals surface area contributed by atoms with E-state index >= 15 is 0 Å². The number of rotatable bonds is 4. The molecule has 15 heavy (non-hydrogen) atoms. The largest absolute Gasteiger partial charge is 0.497 e. The first-order chi connectivity index (χ1) is 7.20. The summed E-state index contributed by atoms with van der Waals surface area (Å²) in [6, 6.07) is 7.76. The minimum atomic E-state index is -0.233. The average Bonchev–Trinajstić information content (AvgIpc) is 2.98. The van der Waals surface area contributed by atoms with Crippen molar-refractivity contribution in [2.24, 2.45) is 5.73 Å². The molecule has 4 nitrogen and oxygen atoms in total. The second-order valence-corrected chi connectivity index (χ2v) is 3.70. The van der Waals surface area contributed by atoms with E-state index in [1.165, 1.54) is 5.56 Å². The van der Waals surface area contributed by atoms with Crippen molar-refractivity contribution in [3.8, 4) is 5.75 Å². The molecule has 0 spiro atoms. The van der Waals surface area contributed by atoms with Crippen molar-refractivity contribution < 1.29 is 9.53 Å². The Hall–Kier alpha value is -1.55. The lowest BCUT2D eigenvalue weighted by atomic mass is 10.2. The molecule has 1 fully saturated rings. The van der Waals surface area contributed by atoms with Crippen LogP contribution in [0.1, 0.15) is 5.56 Å². The minimum absolute atomic E-state index is 0.0629. The second kappa shape index (κ2) is 3.90. The third kappa shape index (κ3) is 2.27. The van der Waals surface area contributed by atoms with Crippen molar-refractivity contribution in [1.29, 1.82) is 0 Å². The normalized spacial score (nSPS) is 23.5. The molecule has 0 radical (unpaired) electrons. The zero-order valence-electron chi connectivity index (χ0n) is 8.64. The lowest BCUT2D eigenvalue weighted by Gasteiger charge is -2.04. The number of benzene rings is 1. The first kappa shape index (κ1) is 9.98. The summed E-state index contributed by atoms with van der Waals surface area (Å²) in [6.07, 6.45) is 0. The van der Waals surface area contributed by atoms with Crippen LogP contribution in [0.3, 0.4) is 0 Å². The lowest BCUT2D eigenvalue weighted by Crippen LogP contribution is -2.21. The highest BCUT2D eigenvalue weighted by molar-refractivity contribution is 5.82. The van der Waals surface area contributed by atoms with Gasteiger partial charge in [-0.25, -0.2) is 0 Å². The Balaban J connectivity index is 1.92. The number of nitrogens with two attached hydrogens (primary N) is 1. The maximum absolute atomic E-state index is 10.8. The fraction of sp³-hybridized carbons (Fsp3) is 0.364. The summed E-state index contributed by atoms with van der Waals surface area (Å²) in [7, 11) is 1.64. The Bertz CT molecular complexity index is 361. The second-order valence-electron chi connectivity index (χ2n) is 3.70. The molecule has 80 valence electrons. The van der Waals surface area contributed by atoms with Gasteiger partial charge in [-0.15, -0.1) is 0 Å². The van der Waals surface area contributed by atoms with E-state index < -0.39 is 0 Å². The summed E-state index contributed by atoms with van der Waals surface area (Å²) in [4.78, 5) is 12.9. The zero-order valence-corrected chi connectivity index (χ0v) is 8.64. The molecule has 2 N–H and O–H groups in total. The van der Waals surface area contributed by atoms with Crippen LogP contribution in [0.25, 0.3) is 0 Å². The topological polar surface area (TPSA) is 55.3 Å². The number of hydrogen-bond acceptors (Lipinski definition) is 3. The molecular weight excluding hydrogens is 192 g/mol. The van der Waals surface area contributed by atoms with E-state index in [9.17, 15) is 4.79 Å². The highest BCUT2D eigenvalue weighted by atomic mass is 16.5. The van der Waals surface area contributed by atoms with E-state index in [1.54, 1.807) is 7.11 Å². The van der Waals surface area contributed by atoms with Gasteiger partial charge in [0.15, 0.2) is 0 Å². The molecule has 2 unspecified atom stereocenters. The van der Waals surface area contributed by atoms with Gasteiger partial charge in [0.25, 0.3) is 0 Å². The number of primary amides is 1. The van der Waals surface area contributed by atoms with Crippen molar-refractivity contribution in [3.05, 3.63) is 29.8 Å². The summed E-state index contributed by atoms with van der Waals surface area (Å²) >= 11 is 0. The van der Waals surface area contributed by atoms with Gasteiger partial charge in [-0.1, -0.05) is 12.1 Å². The maximum atomic E-state index is 10.8. The standard InChI is InChI=1S/C11H14N2O2/c1-15-9-4-2-8(3-5-9)6-13-7-10(13)11(12)14/h2-5,10H,6-7H2,1H3,(H2,12,14). The predicted molar refractivity (Wildman–Crippen MR) is 56.4 cm³/mol. The van der Waals surface area contributed by atoms with E-state index in [4.69, 9.17) is 10.5 Å². The van der Waals surface area contributed by atoms with Crippen LogP contribution < -0.4 is 10.5 Å². The van der Waals surface area contributed by atoms with Crippen LogP contribution in [-0.4, -0.2) is 30.5 Å². The lowest BCUT2D eigenvalue weighted by molar-refractivity contribution is -0.118. The van der Waals surface area contributed by atoms with E-state index in [0.717, 1.165) is 18.8 Å². The molecule has 2 atom stereocenters. The zero-order chi connectivity index (χ0) is 10.8. The van der Waals surface area contributed by atoms with Gasteiger partial charge in [0, 0.05) is 13.1 Å². The summed E-state index contributed by atoms with van der Waals surface area (Å²) in [5.74, 6) is 0.611. The van der Waals surface area contributed by atoms with Crippen LogP contribution in [0.4, 0.5) is 0 Å². The van der Waals surface area contributed by atoms with Gasteiger partial charge >= 0.3 is 0 Å². The molecule has 1 amide bonds. The number of carbonyl (C=O) groups is 1. The minimum Gasteiger partial charge on any atom is -0.497 e. The Morgan fingerprint density at radius 3 is 2.67 bits per heavy atom. The van der Waals surface area contributed by atoms with E-state index in [2.05, 4.69) is 0 Å².